The van der Waals surface area contributed by atoms with Crippen molar-refractivity contribution >= 4 is 33.9 Å². The van der Waals surface area contributed by atoms with Gasteiger partial charge in [0.15, 0.2) is 0 Å². The van der Waals surface area contributed by atoms with Crippen LogP contribution in [0.25, 0.3) is 0 Å². The van der Waals surface area contributed by atoms with Gasteiger partial charge in [0.25, 0.3) is 5.91 Å². The molecule has 0 fully saturated rings. The fourth-order valence-corrected chi connectivity index (χ4v) is 3.16. The standard InChI is InChI=1S/C17H20N2O4S/c1-9(2)23-17(21)13-10(3)14(24-15(13)18)16(20)19-11-7-5-6-8-12(11)22-4/h5-9H,18H2,1-4H3,(H,19,20). The molecule has 24 heavy (non-hydrogen) atoms. The van der Waals surface area contributed by atoms with Crippen molar-refractivity contribution in [2.45, 2.75) is 26.9 Å². The minimum absolute atomic E-state index is 0.249. The van der Waals surface area contributed by atoms with Gasteiger partial charge in [0.2, 0.25) is 0 Å². The van der Waals surface area contributed by atoms with Gasteiger partial charge in [-0.15, -0.1) is 11.3 Å². The maximum absolute atomic E-state index is 12.5. The third-order valence-electron chi connectivity index (χ3n) is 3.28. The first-order valence-corrected chi connectivity index (χ1v) is 8.21. The van der Waals surface area contributed by atoms with Crippen LogP contribution in [-0.4, -0.2) is 25.1 Å². The molecule has 0 aliphatic rings. The van der Waals surface area contributed by atoms with Gasteiger partial charge in [-0.1, -0.05) is 12.1 Å². The zero-order valence-electron chi connectivity index (χ0n) is 14.0. The number of nitrogens with one attached hydrogen (secondary N) is 1. The SMILES string of the molecule is COc1ccccc1NC(=O)c1sc(N)c(C(=O)OC(C)C)c1C. The summed E-state index contributed by atoms with van der Waals surface area (Å²) < 4.78 is 10.4. The highest BCUT2D eigenvalue weighted by Crippen LogP contribution is 2.33. The van der Waals surface area contributed by atoms with Gasteiger partial charge in [0.1, 0.15) is 10.8 Å². The molecular formula is C17H20N2O4S. The molecule has 0 bridgehead atoms. The fraction of sp³-hybridized carbons (Fsp3) is 0.294. The number of methoxy groups -OCH3 is 1. The highest BCUT2D eigenvalue weighted by molar-refractivity contribution is 7.18. The van der Waals surface area contributed by atoms with Crippen LogP contribution < -0.4 is 15.8 Å². The Morgan fingerprint density at radius 2 is 1.92 bits per heavy atom. The Kier molecular flexibility index (Phi) is 5.46. The lowest BCUT2D eigenvalue weighted by molar-refractivity contribution is 0.0379. The molecule has 0 atom stereocenters. The zero-order chi connectivity index (χ0) is 17.9. The molecule has 1 heterocycles. The highest BCUT2D eigenvalue weighted by Gasteiger charge is 2.25. The number of nitrogen functional groups attached to an aromatic ring is 1. The third kappa shape index (κ3) is 3.68. The van der Waals surface area contributed by atoms with E-state index in [4.69, 9.17) is 15.2 Å². The van der Waals surface area contributed by atoms with Gasteiger partial charge in [-0.25, -0.2) is 4.79 Å². The predicted molar refractivity (Wildman–Crippen MR) is 95.0 cm³/mol. The van der Waals surface area contributed by atoms with Gasteiger partial charge in [-0.2, -0.15) is 0 Å². The molecule has 1 aromatic heterocycles. The average molecular weight is 348 g/mol. The van der Waals surface area contributed by atoms with Crippen molar-refractivity contribution in [1.29, 1.82) is 0 Å². The van der Waals surface area contributed by atoms with E-state index in [0.29, 0.717) is 21.9 Å². The van der Waals surface area contributed by atoms with Crippen molar-refractivity contribution in [3.8, 4) is 5.75 Å². The number of esters is 1. The van der Waals surface area contributed by atoms with E-state index >= 15 is 0 Å². The Labute approximate surface area is 144 Å². The number of ether oxygens (including phenoxy) is 2. The van der Waals surface area contributed by atoms with Crippen LogP contribution in [0, 0.1) is 6.92 Å². The molecule has 6 nitrogen and oxygen atoms in total. The average Bonchev–Trinajstić information content (AvgIpc) is 2.82. The zero-order valence-corrected chi connectivity index (χ0v) is 14.8. The molecule has 0 saturated heterocycles. The van der Waals surface area contributed by atoms with Gasteiger partial charge in [0.05, 0.1) is 29.3 Å². The van der Waals surface area contributed by atoms with Gasteiger partial charge >= 0.3 is 5.97 Å². The molecule has 0 aliphatic carbocycles. The number of anilines is 2. The monoisotopic (exact) mass is 348 g/mol. The molecule has 0 aliphatic heterocycles. The highest BCUT2D eigenvalue weighted by atomic mass is 32.1. The summed E-state index contributed by atoms with van der Waals surface area (Å²) in [6, 6.07) is 7.08. The van der Waals surface area contributed by atoms with E-state index in [1.54, 1.807) is 39.0 Å². The van der Waals surface area contributed by atoms with Crippen LogP contribution in [-0.2, 0) is 4.74 Å². The van der Waals surface area contributed by atoms with Gasteiger partial charge in [0, 0.05) is 0 Å². The second-order valence-corrected chi connectivity index (χ2v) is 6.46. The second kappa shape index (κ2) is 7.35. The molecule has 0 spiro atoms. The maximum atomic E-state index is 12.5. The molecule has 2 aromatic rings. The maximum Gasteiger partial charge on any atom is 0.341 e. The molecular weight excluding hydrogens is 328 g/mol. The first-order chi connectivity index (χ1) is 11.3. The number of para-hydroxylation sites is 2. The summed E-state index contributed by atoms with van der Waals surface area (Å²) >= 11 is 1.06. The number of rotatable bonds is 5. The van der Waals surface area contributed by atoms with Crippen molar-refractivity contribution in [2.24, 2.45) is 0 Å². The Bertz CT molecular complexity index is 768. The molecule has 2 rings (SSSR count). The van der Waals surface area contributed by atoms with E-state index < -0.39 is 5.97 Å². The van der Waals surface area contributed by atoms with Crippen molar-refractivity contribution in [2.75, 3.05) is 18.2 Å². The van der Waals surface area contributed by atoms with Crippen LogP contribution in [0.5, 0.6) is 5.75 Å². The van der Waals surface area contributed by atoms with E-state index in [2.05, 4.69) is 5.32 Å². The quantitative estimate of drug-likeness (QED) is 0.808. The Morgan fingerprint density at radius 3 is 2.54 bits per heavy atom. The molecule has 0 saturated carbocycles. The summed E-state index contributed by atoms with van der Waals surface area (Å²) in [7, 11) is 1.53. The van der Waals surface area contributed by atoms with Crippen LogP contribution in [0.2, 0.25) is 0 Å². The molecule has 0 radical (unpaired) electrons. The minimum Gasteiger partial charge on any atom is -0.495 e. The number of carbonyl (C=O) groups excluding carboxylic acids is 2. The van der Waals surface area contributed by atoms with E-state index in [1.165, 1.54) is 7.11 Å². The first kappa shape index (κ1) is 17.8. The van der Waals surface area contributed by atoms with E-state index in [9.17, 15) is 9.59 Å². The number of benzene rings is 1. The van der Waals surface area contributed by atoms with Crippen LogP contribution >= 0.6 is 11.3 Å². The van der Waals surface area contributed by atoms with Gasteiger partial charge in [-0.3, -0.25) is 4.79 Å². The summed E-state index contributed by atoms with van der Waals surface area (Å²) in [6.07, 6.45) is -0.262. The third-order valence-corrected chi connectivity index (χ3v) is 4.40. The molecule has 3 N–H and O–H groups in total. The minimum atomic E-state index is -0.521. The van der Waals surface area contributed by atoms with Crippen molar-refractivity contribution < 1.29 is 19.1 Å². The summed E-state index contributed by atoms with van der Waals surface area (Å²) in [5.74, 6) is -0.322. The molecule has 1 aromatic carbocycles. The fourth-order valence-electron chi connectivity index (χ4n) is 2.21. The van der Waals surface area contributed by atoms with Gasteiger partial charge in [-0.05, 0) is 38.5 Å². The molecule has 1 amide bonds. The lowest BCUT2D eigenvalue weighted by Crippen LogP contribution is -2.15. The summed E-state index contributed by atoms with van der Waals surface area (Å²) in [6.45, 7) is 5.19. The van der Waals surface area contributed by atoms with Crippen molar-refractivity contribution in [3.63, 3.8) is 0 Å². The summed E-state index contributed by atoms with van der Waals surface area (Å²) in [5.41, 5.74) is 7.22. The lowest BCUT2D eigenvalue weighted by atomic mass is 10.1. The largest absolute Gasteiger partial charge is 0.495 e. The van der Waals surface area contributed by atoms with E-state index in [0.717, 1.165) is 11.3 Å². The normalized spacial score (nSPS) is 10.5. The number of amides is 1. The number of thiophene rings is 1. The van der Waals surface area contributed by atoms with Crippen LogP contribution in [0.15, 0.2) is 24.3 Å². The Morgan fingerprint density at radius 1 is 1.25 bits per heavy atom. The summed E-state index contributed by atoms with van der Waals surface area (Å²) in [5, 5.41) is 3.04. The number of carbonyl (C=O) groups is 2. The predicted octanol–water partition coefficient (Wildman–Crippen LogP) is 3.46. The van der Waals surface area contributed by atoms with Crippen LogP contribution in [0.3, 0.4) is 0 Å². The van der Waals surface area contributed by atoms with E-state index in [-0.39, 0.29) is 22.6 Å². The van der Waals surface area contributed by atoms with Crippen LogP contribution in [0.4, 0.5) is 10.7 Å². The second-order valence-electron chi connectivity index (χ2n) is 5.40. The molecule has 0 unspecified atom stereocenters. The molecule has 128 valence electrons. The van der Waals surface area contributed by atoms with Crippen molar-refractivity contribution in [3.05, 3.63) is 40.3 Å². The van der Waals surface area contributed by atoms with Crippen LogP contribution in [0.1, 0.15) is 39.4 Å². The smallest absolute Gasteiger partial charge is 0.341 e. The Hall–Kier alpha value is -2.54. The van der Waals surface area contributed by atoms with Crippen molar-refractivity contribution in [1.82, 2.24) is 0 Å². The lowest BCUT2D eigenvalue weighted by Gasteiger charge is -2.10. The van der Waals surface area contributed by atoms with Gasteiger partial charge < -0.3 is 20.5 Å². The molecule has 7 heteroatoms. The topological polar surface area (TPSA) is 90.6 Å². The number of hydrogen-bond acceptors (Lipinski definition) is 6. The van der Waals surface area contributed by atoms with E-state index in [1.807, 2.05) is 6.07 Å². The first-order valence-electron chi connectivity index (χ1n) is 7.39. The summed E-state index contributed by atoms with van der Waals surface area (Å²) in [4.78, 5) is 25.1. The Balaban J connectivity index is 2.29. The number of hydrogen-bond donors (Lipinski definition) is 2. The number of nitrogens with two attached hydrogens (primary N) is 1.